The number of allylic oxidation sites excluding steroid dienone is 1. The molecule has 74 valence electrons. The molecule has 5 nitrogen and oxygen atoms in total. The fourth-order valence-corrected chi connectivity index (χ4v) is 0.611. The predicted octanol–water partition coefficient (Wildman–Crippen LogP) is -0.172. The van der Waals surface area contributed by atoms with Crippen LogP contribution in [0.3, 0.4) is 0 Å². The van der Waals surface area contributed by atoms with Crippen LogP contribution in [0.1, 0.15) is 13.8 Å². The third-order valence-corrected chi connectivity index (χ3v) is 1.22. The van der Waals surface area contributed by atoms with Gasteiger partial charge in [-0.05, 0) is 13.8 Å². The van der Waals surface area contributed by atoms with Crippen molar-refractivity contribution < 1.29 is 14.3 Å². The molecule has 0 saturated heterocycles. The van der Waals surface area contributed by atoms with E-state index in [1.54, 1.807) is 13.8 Å². The van der Waals surface area contributed by atoms with Gasteiger partial charge in [-0.3, -0.25) is 14.6 Å². The molecule has 0 heterocycles. The van der Waals surface area contributed by atoms with E-state index in [4.69, 9.17) is 5.84 Å². The molecule has 0 aliphatic rings. The Balaban J connectivity index is 4.12. The van der Waals surface area contributed by atoms with Gasteiger partial charge in [0, 0.05) is 6.08 Å². The zero-order chi connectivity index (χ0) is 10.4. The van der Waals surface area contributed by atoms with Crippen LogP contribution in [-0.2, 0) is 14.3 Å². The molecule has 0 fully saturated rings. The molecule has 0 saturated carbocycles. The van der Waals surface area contributed by atoms with Crippen LogP contribution in [0.5, 0.6) is 0 Å². The lowest BCUT2D eigenvalue weighted by Gasteiger charge is -2.12. The lowest BCUT2D eigenvalue weighted by molar-refractivity contribution is -0.145. The van der Waals surface area contributed by atoms with Crippen molar-refractivity contribution >= 4 is 11.9 Å². The second-order valence-corrected chi connectivity index (χ2v) is 2.76. The molecule has 5 heteroatoms. The van der Waals surface area contributed by atoms with Crippen molar-refractivity contribution in [3.05, 3.63) is 11.6 Å². The third kappa shape index (κ3) is 4.97. The Kier molecular flexibility index (Phi) is 4.76. The van der Waals surface area contributed by atoms with Crippen LogP contribution < -0.4 is 5.84 Å². The van der Waals surface area contributed by atoms with Gasteiger partial charge >= 0.3 is 5.97 Å². The maximum atomic E-state index is 11.1. The van der Waals surface area contributed by atoms with E-state index in [0.29, 0.717) is 0 Å². The highest BCUT2D eigenvalue weighted by molar-refractivity contribution is 5.90. The standard InChI is InChI=1S/C8H14N2O3/c1-6(2)4-7(11)10(9)5-8(12)13-3/h4H,5,9H2,1-3H3. The summed E-state index contributed by atoms with van der Waals surface area (Å²) < 4.78 is 4.34. The first-order valence-corrected chi connectivity index (χ1v) is 3.75. The van der Waals surface area contributed by atoms with E-state index in [0.717, 1.165) is 10.6 Å². The minimum atomic E-state index is -0.544. The monoisotopic (exact) mass is 186 g/mol. The van der Waals surface area contributed by atoms with Crippen molar-refractivity contribution in [3.8, 4) is 0 Å². The van der Waals surface area contributed by atoms with Crippen LogP contribution in [0.2, 0.25) is 0 Å². The molecule has 0 spiro atoms. The van der Waals surface area contributed by atoms with Gasteiger partial charge in [0.05, 0.1) is 7.11 Å². The molecule has 0 aromatic rings. The molecule has 2 N–H and O–H groups in total. The summed E-state index contributed by atoms with van der Waals surface area (Å²) in [4.78, 5) is 21.8. The summed E-state index contributed by atoms with van der Waals surface area (Å²) in [5.74, 6) is 4.33. The Labute approximate surface area is 77.1 Å². The van der Waals surface area contributed by atoms with Gasteiger partial charge in [0.1, 0.15) is 6.54 Å². The van der Waals surface area contributed by atoms with E-state index in [9.17, 15) is 9.59 Å². The van der Waals surface area contributed by atoms with Crippen molar-refractivity contribution in [3.63, 3.8) is 0 Å². The van der Waals surface area contributed by atoms with Gasteiger partial charge in [0.2, 0.25) is 0 Å². The molecule has 13 heavy (non-hydrogen) atoms. The summed E-state index contributed by atoms with van der Waals surface area (Å²) >= 11 is 0. The zero-order valence-corrected chi connectivity index (χ0v) is 8.03. The molecule has 0 rings (SSSR count). The number of ether oxygens (including phenoxy) is 1. The van der Waals surface area contributed by atoms with Crippen LogP contribution in [0, 0.1) is 0 Å². The first-order chi connectivity index (χ1) is 5.97. The lowest BCUT2D eigenvalue weighted by Crippen LogP contribution is -2.40. The Bertz CT molecular complexity index is 232. The topological polar surface area (TPSA) is 72.6 Å². The molecule has 0 radical (unpaired) electrons. The number of nitrogens with two attached hydrogens (primary N) is 1. The fourth-order valence-electron chi connectivity index (χ4n) is 0.611. The number of hydrazine groups is 1. The molecular weight excluding hydrogens is 172 g/mol. The van der Waals surface area contributed by atoms with Gasteiger partial charge in [-0.2, -0.15) is 0 Å². The predicted molar refractivity (Wildman–Crippen MR) is 47.3 cm³/mol. The van der Waals surface area contributed by atoms with Crippen LogP contribution in [0.25, 0.3) is 0 Å². The summed E-state index contributed by atoms with van der Waals surface area (Å²) in [5, 5.41) is 0.804. The van der Waals surface area contributed by atoms with Crippen LogP contribution in [-0.4, -0.2) is 30.5 Å². The number of methoxy groups -OCH3 is 1. The van der Waals surface area contributed by atoms with Gasteiger partial charge in [0.15, 0.2) is 0 Å². The quantitative estimate of drug-likeness (QED) is 0.218. The van der Waals surface area contributed by atoms with E-state index < -0.39 is 11.9 Å². The van der Waals surface area contributed by atoms with Gasteiger partial charge < -0.3 is 4.74 Å². The first-order valence-electron chi connectivity index (χ1n) is 3.75. The smallest absolute Gasteiger partial charge is 0.327 e. The fraction of sp³-hybridized carbons (Fsp3) is 0.500. The number of carbonyl (C=O) groups excluding carboxylic acids is 2. The first kappa shape index (κ1) is 11.6. The largest absolute Gasteiger partial charge is 0.468 e. The molecule has 0 aliphatic carbocycles. The zero-order valence-electron chi connectivity index (χ0n) is 8.03. The lowest BCUT2D eigenvalue weighted by atomic mass is 10.3. The van der Waals surface area contributed by atoms with Crippen molar-refractivity contribution in [2.75, 3.05) is 13.7 Å². The van der Waals surface area contributed by atoms with Crippen LogP contribution in [0.15, 0.2) is 11.6 Å². The van der Waals surface area contributed by atoms with Crippen molar-refractivity contribution in [1.82, 2.24) is 5.01 Å². The van der Waals surface area contributed by atoms with E-state index >= 15 is 0 Å². The highest BCUT2D eigenvalue weighted by Crippen LogP contribution is 1.91. The van der Waals surface area contributed by atoms with Gasteiger partial charge in [0.25, 0.3) is 5.91 Å². The highest BCUT2D eigenvalue weighted by atomic mass is 16.5. The van der Waals surface area contributed by atoms with Crippen molar-refractivity contribution in [2.45, 2.75) is 13.8 Å². The maximum Gasteiger partial charge on any atom is 0.327 e. The third-order valence-electron chi connectivity index (χ3n) is 1.22. The van der Waals surface area contributed by atoms with Crippen LogP contribution in [0.4, 0.5) is 0 Å². The van der Waals surface area contributed by atoms with E-state index in [1.165, 1.54) is 13.2 Å². The summed E-state index contributed by atoms with van der Waals surface area (Å²) in [6.45, 7) is 3.30. The van der Waals surface area contributed by atoms with Gasteiger partial charge in [-0.1, -0.05) is 5.57 Å². The highest BCUT2D eigenvalue weighted by Gasteiger charge is 2.10. The SMILES string of the molecule is COC(=O)CN(N)C(=O)C=C(C)C. The molecular formula is C8H14N2O3. The number of nitrogens with zero attached hydrogens (tertiary/aromatic N) is 1. The molecule has 0 aliphatic heterocycles. The second kappa shape index (κ2) is 5.31. The van der Waals surface area contributed by atoms with E-state index in [2.05, 4.69) is 4.74 Å². The molecule has 1 amide bonds. The molecule has 0 aromatic carbocycles. The molecule has 0 bridgehead atoms. The van der Waals surface area contributed by atoms with Gasteiger partial charge in [-0.15, -0.1) is 0 Å². The minimum Gasteiger partial charge on any atom is -0.468 e. The summed E-state index contributed by atoms with van der Waals surface area (Å²) in [5.41, 5.74) is 0.824. The molecule has 0 unspecified atom stereocenters. The normalized spacial score (nSPS) is 8.92. The summed E-state index contributed by atoms with van der Waals surface area (Å²) in [6.07, 6.45) is 1.35. The Morgan fingerprint density at radius 1 is 1.46 bits per heavy atom. The van der Waals surface area contributed by atoms with E-state index in [1.807, 2.05) is 0 Å². The van der Waals surface area contributed by atoms with Crippen molar-refractivity contribution in [1.29, 1.82) is 0 Å². The second-order valence-electron chi connectivity index (χ2n) is 2.76. The molecule has 0 atom stereocenters. The Morgan fingerprint density at radius 3 is 2.38 bits per heavy atom. The minimum absolute atomic E-state index is 0.237. The average molecular weight is 186 g/mol. The number of hydrogen-bond donors (Lipinski definition) is 1. The number of carbonyl (C=O) groups is 2. The molecule has 0 aromatic heterocycles. The summed E-state index contributed by atoms with van der Waals surface area (Å²) in [7, 11) is 1.24. The summed E-state index contributed by atoms with van der Waals surface area (Å²) in [6, 6.07) is 0. The Morgan fingerprint density at radius 2 is 2.00 bits per heavy atom. The number of rotatable bonds is 3. The van der Waals surface area contributed by atoms with E-state index in [-0.39, 0.29) is 6.54 Å². The van der Waals surface area contributed by atoms with Gasteiger partial charge in [-0.25, -0.2) is 5.84 Å². The maximum absolute atomic E-state index is 11.1. The Hall–Kier alpha value is -1.36. The number of hydrogen-bond acceptors (Lipinski definition) is 4. The van der Waals surface area contributed by atoms with Crippen molar-refractivity contribution in [2.24, 2.45) is 5.84 Å². The number of esters is 1. The van der Waals surface area contributed by atoms with Crippen LogP contribution >= 0.6 is 0 Å². The number of amides is 1. The average Bonchev–Trinajstić information content (AvgIpc) is 2.02.